The zero-order valence-corrected chi connectivity index (χ0v) is 15.5. The van der Waals surface area contributed by atoms with Gasteiger partial charge >= 0.3 is 11.9 Å². The van der Waals surface area contributed by atoms with E-state index in [1.165, 1.54) is 0 Å². The molecule has 142 valence electrons. The molecule has 0 aromatic heterocycles. The molecule has 3 atom stereocenters. The Hall–Kier alpha value is -1.40. The first-order valence-electron chi connectivity index (χ1n) is 8.31. The molecule has 0 aromatic carbocycles. The fourth-order valence-electron chi connectivity index (χ4n) is 2.57. The third-order valence-corrected chi connectivity index (χ3v) is 3.77. The summed E-state index contributed by atoms with van der Waals surface area (Å²) in [5.74, 6) is -0.836. The molecule has 0 aliphatic heterocycles. The van der Waals surface area contributed by atoms with Crippen molar-refractivity contribution in [1.29, 1.82) is 0 Å². The van der Waals surface area contributed by atoms with E-state index in [1.807, 2.05) is 20.8 Å². The highest BCUT2D eigenvalue weighted by Crippen LogP contribution is 2.30. The van der Waals surface area contributed by atoms with Crippen LogP contribution < -0.4 is 5.73 Å². The molecule has 2 saturated carbocycles. The number of nitrogens with two attached hydrogens (primary N) is 1. The molecule has 6 N–H and O–H groups in total. The van der Waals surface area contributed by atoms with Gasteiger partial charge in [0.25, 0.3) is 0 Å². The number of hydrogen-bond donors (Lipinski definition) is 3. The first-order chi connectivity index (χ1) is 10.4. The minimum absolute atomic E-state index is 0. The third-order valence-electron chi connectivity index (χ3n) is 3.77. The van der Waals surface area contributed by atoms with Crippen LogP contribution in [0.25, 0.3) is 0 Å². The molecule has 0 aromatic rings. The van der Waals surface area contributed by atoms with Gasteiger partial charge in [0.15, 0.2) is 0 Å². The molecular weight excluding hydrogens is 310 g/mol. The summed E-state index contributed by atoms with van der Waals surface area (Å²) in [6.45, 7) is 11.7. The van der Waals surface area contributed by atoms with Crippen molar-refractivity contribution in [3.05, 3.63) is 12.2 Å². The van der Waals surface area contributed by atoms with Gasteiger partial charge in [0, 0.05) is 5.54 Å². The van der Waals surface area contributed by atoms with Crippen LogP contribution >= 0.6 is 0 Å². The topological polar surface area (TPSA) is 132 Å². The Morgan fingerprint density at radius 1 is 1.08 bits per heavy atom. The highest BCUT2D eigenvalue weighted by molar-refractivity contribution is 5.71. The summed E-state index contributed by atoms with van der Waals surface area (Å²) in [6.07, 6.45) is 5.24. The molecule has 6 nitrogen and oxygen atoms in total. The summed E-state index contributed by atoms with van der Waals surface area (Å²) in [7, 11) is 0. The third kappa shape index (κ3) is 13.1. The Balaban J connectivity index is 0. The van der Waals surface area contributed by atoms with E-state index in [4.69, 9.17) is 15.9 Å². The summed E-state index contributed by atoms with van der Waals surface area (Å²) >= 11 is 0. The summed E-state index contributed by atoms with van der Waals surface area (Å²) < 4.78 is 0. The van der Waals surface area contributed by atoms with E-state index in [1.54, 1.807) is 0 Å². The van der Waals surface area contributed by atoms with Crippen LogP contribution in [0, 0.1) is 17.8 Å². The van der Waals surface area contributed by atoms with Crippen molar-refractivity contribution in [3.63, 3.8) is 0 Å². The number of aliphatic carboxylic acids is 2. The van der Waals surface area contributed by atoms with E-state index in [9.17, 15) is 9.59 Å². The molecule has 2 aliphatic rings. The Kier molecular flexibility index (Phi) is 11.6. The van der Waals surface area contributed by atoms with Crippen LogP contribution in [0.1, 0.15) is 66.2 Å². The van der Waals surface area contributed by atoms with E-state index in [0.29, 0.717) is 12.3 Å². The number of allylic oxidation sites excluding steroid dienone is 1. The molecule has 2 aliphatic carbocycles. The van der Waals surface area contributed by atoms with Crippen molar-refractivity contribution >= 4 is 11.9 Å². The quantitative estimate of drug-likeness (QED) is 0.662. The maximum atomic E-state index is 10.3. The molecule has 0 heterocycles. The lowest BCUT2D eigenvalue weighted by molar-refractivity contribution is -0.142. The minimum atomic E-state index is -0.673. The summed E-state index contributed by atoms with van der Waals surface area (Å²) in [4.78, 5) is 20.7. The Bertz CT molecular complexity index is 408. The van der Waals surface area contributed by atoms with Crippen LogP contribution in [0.3, 0.4) is 0 Å². The molecule has 2 fully saturated rings. The van der Waals surface area contributed by atoms with Crippen LogP contribution in [-0.2, 0) is 9.59 Å². The zero-order valence-electron chi connectivity index (χ0n) is 15.5. The summed E-state index contributed by atoms with van der Waals surface area (Å²) in [5, 5.41) is 17.0. The largest absolute Gasteiger partial charge is 0.481 e. The van der Waals surface area contributed by atoms with Gasteiger partial charge in [0.05, 0.1) is 11.8 Å². The van der Waals surface area contributed by atoms with Crippen molar-refractivity contribution in [2.24, 2.45) is 23.5 Å². The van der Waals surface area contributed by atoms with Gasteiger partial charge in [-0.3, -0.25) is 9.59 Å². The lowest BCUT2D eigenvalue weighted by Crippen LogP contribution is -2.26. The van der Waals surface area contributed by atoms with Crippen molar-refractivity contribution in [1.82, 2.24) is 0 Å². The van der Waals surface area contributed by atoms with Crippen LogP contribution in [-0.4, -0.2) is 33.2 Å². The lowest BCUT2D eigenvalue weighted by Gasteiger charge is -2.06. The fourth-order valence-corrected chi connectivity index (χ4v) is 2.57. The van der Waals surface area contributed by atoms with E-state index < -0.39 is 11.9 Å². The fraction of sp³-hybridized carbons (Fsp3) is 0.778. The predicted molar refractivity (Wildman–Crippen MR) is 95.8 cm³/mol. The van der Waals surface area contributed by atoms with E-state index in [0.717, 1.165) is 37.7 Å². The first-order valence-corrected chi connectivity index (χ1v) is 8.31. The second-order valence-electron chi connectivity index (χ2n) is 7.85. The summed E-state index contributed by atoms with van der Waals surface area (Å²) in [5.41, 5.74) is 6.44. The van der Waals surface area contributed by atoms with Gasteiger partial charge in [-0.05, 0) is 65.2 Å². The van der Waals surface area contributed by atoms with E-state index in [2.05, 4.69) is 13.5 Å². The smallest absolute Gasteiger partial charge is 0.306 e. The minimum Gasteiger partial charge on any atom is -0.481 e. The maximum Gasteiger partial charge on any atom is 0.306 e. The van der Waals surface area contributed by atoms with Crippen molar-refractivity contribution < 1.29 is 25.3 Å². The second kappa shape index (κ2) is 11.2. The molecule has 0 radical (unpaired) electrons. The highest BCUT2D eigenvalue weighted by Gasteiger charge is 2.26. The van der Waals surface area contributed by atoms with Crippen LogP contribution in [0.5, 0.6) is 0 Å². The van der Waals surface area contributed by atoms with Gasteiger partial charge in [0.1, 0.15) is 0 Å². The normalized spacial score (nSPS) is 25.5. The molecule has 0 amide bonds. The van der Waals surface area contributed by atoms with Gasteiger partial charge in [0.2, 0.25) is 0 Å². The average molecular weight is 345 g/mol. The number of carboxylic acids is 2. The molecule has 0 bridgehead atoms. The number of carbonyl (C=O) groups is 2. The number of rotatable bonds is 2. The van der Waals surface area contributed by atoms with E-state index >= 15 is 0 Å². The maximum absolute atomic E-state index is 10.3. The molecule has 2 rings (SSSR count). The predicted octanol–water partition coefficient (Wildman–Crippen LogP) is 2.85. The SMILES string of the molecule is C=C1CC[C@H](C(=O)O)C1.CC(C)(C)N.C[C@@H]1CC[C@H](C(=O)O)C1.O. The Labute approximate surface area is 145 Å². The average Bonchev–Trinajstić information content (AvgIpc) is 2.96. The molecule has 0 saturated heterocycles. The van der Waals surface area contributed by atoms with Crippen molar-refractivity contribution in [2.75, 3.05) is 0 Å². The highest BCUT2D eigenvalue weighted by atomic mass is 16.4. The Morgan fingerprint density at radius 3 is 1.71 bits per heavy atom. The molecule has 0 spiro atoms. The van der Waals surface area contributed by atoms with Gasteiger partial charge in [-0.15, -0.1) is 0 Å². The monoisotopic (exact) mass is 345 g/mol. The van der Waals surface area contributed by atoms with Crippen LogP contribution in [0.15, 0.2) is 12.2 Å². The molecule has 24 heavy (non-hydrogen) atoms. The van der Waals surface area contributed by atoms with Gasteiger partial charge in [-0.1, -0.05) is 19.1 Å². The van der Waals surface area contributed by atoms with Gasteiger partial charge in [-0.25, -0.2) is 0 Å². The lowest BCUT2D eigenvalue weighted by atomic mass is 10.1. The number of carboxylic acid groups (broad SMARTS) is 2. The van der Waals surface area contributed by atoms with Crippen LogP contribution in [0.2, 0.25) is 0 Å². The van der Waals surface area contributed by atoms with Crippen LogP contribution in [0.4, 0.5) is 0 Å². The zero-order chi connectivity index (χ0) is 18.2. The van der Waals surface area contributed by atoms with Gasteiger partial charge in [-0.2, -0.15) is 0 Å². The summed E-state index contributed by atoms with van der Waals surface area (Å²) in [6, 6.07) is 0. The molecule has 6 heteroatoms. The van der Waals surface area contributed by atoms with E-state index in [-0.39, 0.29) is 22.9 Å². The molecule has 0 unspecified atom stereocenters. The number of hydrogen-bond acceptors (Lipinski definition) is 3. The van der Waals surface area contributed by atoms with Crippen molar-refractivity contribution in [2.45, 2.75) is 71.8 Å². The molecular formula is C18H35NO5. The second-order valence-corrected chi connectivity index (χ2v) is 7.85. The first kappa shape index (κ1) is 24.8. The van der Waals surface area contributed by atoms with Crippen molar-refractivity contribution in [3.8, 4) is 0 Å². The Morgan fingerprint density at radius 2 is 1.54 bits per heavy atom. The van der Waals surface area contributed by atoms with Gasteiger partial charge < -0.3 is 21.4 Å². The standard InChI is InChI=1S/C7H12O2.C7H10O2.C4H11N.H2O/c2*1-5-2-3-6(4-5)7(8)9;1-4(2,3)5;/h5-6H,2-4H2,1H3,(H,8,9);6H,1-4H2,(H,8,9);5H2,1-3H3;1H2/t5-,6+;6-;;/m10../s1.